The molecule has 6 nitrogen and oxygen atoms in total. The van der Waals surface area contributed by atoms with Crippen LogP contribution in [0, 0.1) is 13.8 Å². The first-order valence-electron chi connectivity index (χ1n) is 12.0. The van der Waals surface area contributed by atoms with Gasteiger partial charge in [0.25, 0.3) is 11.1 Å². The highest BCUT2D eigenvalue weighted by molar-refractivity contribution is 8.18. The molecule has 35 heavy (non-hydrogen) atoms. The van der Waals surface area contributed by atoms with Gasteiger partial charge < -0.3 is 10.2 Å². The standard InChI is InChI=1S/C28H33N3O3S/c1-7-31-23-12-18(3)20(13-22(23)19(4)15-28(31,5)6)14-24-26(33)30(27(34)35-24)16-25(32)29-21-10-8-9-17(2)11-21/h8-14,19H,7,15-16H2,1-6H3,(H,29,32)/b24-14+. The van der Waals surface area contributed by atoms with Gasteiger partial charge in [-0.25, -0.2) is 0 Å². The molecule has 0 bridgehead atoms. The van der Waals surface area contributed by atoms with Crippen molar-refractivity contribution in [3.05, 3.63) is 63.6 Å². The second kappa shape index (κ2) is 9.53. The van der Waals surface area contributed by atoms with Gasteiger partial charge in [-0.1, -0.05) is 19.1 Å². The minimum absolute atomic E-state index is 0.0802. The molecular formula is C28H33N3O3S. The van der Waals surface area contributed by atoms with Crippen molar-refractivity contribution in [2.75, 3.05) is 23.3 Å². The van der Waals surface area contributed by atoms with Gasteiger partial charge in [0.15, 0.2) is 0 Å². The van der Waals surface area contributed by atoms with E-state index in [9.17, 15) is 14.4 Å². The predicted molar refractivity (Wildman–Crippen MR) is 144 cm³/mol. The second-order valence-electron chi connectivity index (χ2n) is 10.1. The maximum Gasteiger partial charge on any atom is 0.294 e. The molecule has 184 valence electrons. The number of amides is 3. The Bertz CT molecular complexity index is 1230. The molecule has 3 amide bonds. The lowest BCUT2D eigenvalue weighted by atomic mass is 9.79. The van der Waals surface area contributed by atoms with Gasteiger partial charge in [-0.05, 0) is 111 Å². The van der Waals surface area contributed by atoms with Crippen molar-refractivity contribution in [1.82, 2.24) is 4.90 Å². The van der Waals surface area contributed by atoms with Gasteiger partial charge in [-0.15, -0.1) is 0 Å². The zero-order valence-electron chi connectivity index (χ0n) is 21.3. The van der Waals surface area contributed by atoms with E-state index in [-0.39, 0.29) is 12.1 Å². The fourth-order valence-corrected chi connectivity index (χ4v) is 6.08. The molecule has 2 aliphatic rings. The topological polar surface area (TPSA) is 69.7 Å². The van der Waals surface area contributed by atoms with E-state index in [1.54, 1.807) is 12.1 Å². The van der Waals surface area contributed by atoms with E-state index in [0.717, 1.165) is 46.3 Å². The average molecular weight is 492 g/mol. The predicted octanol–water partition coefficient (Wildman–Crippen LogP) is 6.09. The van der Waals surface area contributed by atoms with Gasteiger partial charge in [0.2, 0.25) is 5.91 Å². The van der Waals surface area contributed by atoms with Gasteiger partial charge in [0.05, 0.1) is 4.91 Å². The van der Waals surface area contributed by atoms with E-state index in [0.29, 0.717) is 16.5 Å². The van der Waals surface area contributed by atoms with Crippen LogP contribution in [0.3, 0.4) is 0 Å². The van der Waals surface area contributed by atoms with Crippen molar-refractivity contribution in [3.8, 4) is 0 Å². The third-order valence-corrected chi connectivity index (χ3v) is 7.76. The molecule has 2 aliphatic heterocycles. The van der Waals surface area contributed by atoms with Gasteiger partial charge >= 0.3 is 0 Å². The fourth-order valence-electron chi connectivity index (χ4n) is 5.25. The van der Waals surface area contributed by atoms with Crippen molar-refractivity contribution in [3.63, 3.8) is 0 Å². The Balaban J connectivity index is 1.56. The highest BCUT2D eigenvalue weighted by Crippen LogP contribution is 2.45. The number of nitrogens with one attached hydrogen (secondary N) is 1. The molecule has 2 aromatic carbocycles. The van der Waals surface area contributed by atoms with Crippen LogP contribution in [0.2, 0.25) is 0 Å². The summed E-state index contributed by atoms with van der Waals surface area (Å²) in [6.07, 6.45) is 2.84. The highest BCUT2D eigenvalue weighted by Gasteiger charge is 2.38. The van der Waals surface area contributed by atoms with Crippen molar-refractivity contribution < 1.29 is 14.4 Å². The number of hydrogen-bond acceptors (Lipinski definition) is 5. The van der Waals surface area contributed by atoms with Gasteiger partial charge in [0, 0.05) is 23.5 Å². The van der Waals surface area contributed by atoms with Crippen molar-refractivity contribution >= 4 is 46.3 Å². The first-order chi connectivity index (χ1) is 16.5. The van der Waals surface area contributed by atoms with Crippen LogP contribution in [0.15, 0.2) is 41.3 Å². The molecule has 2 heterocycles. The molecule has 0 aromatic heterocycles. The highest BCUT2D eigenvalue weighted by atomic mass is 32.2. The van der Waals surface area contributed by atoms with Crippen LogP contribution in [-0.2, 0) is 9.59 Å². The van der Waals surface area contributed by atoms with Crippen LogP contribution in [-0.4, -0.2) is 40.6 Å². The molecule has 0 radical (unpaired) electrons. The summed E-state index contributed by atoms with van der Waals surface area (Å²) in [5, 5.41) is 2.33. The Morgan fingerprint density at radius 2 is 1.94 bits per heavy atom. The zero-order chi connectivity index (χ0) is 25.5. The quantitative estimate of drug-likeness (QED) is 0.513. The van der Waals surface area contributed by atoms with Gasteiger partial charge in [0.1, 0.15) is 6.54 Å². The summed E-state index contributed by atoms with van der Waals surface area (Å²) in [4.78, 5) is 41.9. The molecule has 1 saturated heterocycles. The number of carbonyl (C=O) groups is 3. The number of aryl methyl sites for hydroxylation is 2. The molecular weight excluding hydrogens is 458 g/mol. The number of nitrogens with zero attached hydrogens (tertiary/aromatic N) is 2. The van der Waals surface area contributed by atoms with E-state index in [1.165, 1.54) is 11.3 Å². The fraction of sp³-hybridized carbons (Fsp3) is 0.393. The molecule has 1 unspecified atom stereocenters. The van der Waals surface area contributed by atoms with Crippen molar-refractivity contribution in [2.45, 2.75) is 59.4 Å². The number of anilines is 2. The molecule has 7 heteroatoms. The Morgan fingerprint density at radius 1 is 1.20 bits per heavy atom. The third kappa shape index (κ3) is 5.01. The van der Waals surface area contributed by atoms with E-state index < -0.39 is 17.1 Å². The summed E-state index contributed by atoms with van der Waals surface area (Å²) >= 11 is 0.887. The van der Waals surface area contributed by atoms with Crippen LogP contribution in [0.1, 0.15) is 62.3 Å². The van der Waals surface area contributed by atoms with Crippen LogP contribution in [0.25, 0.3) is 6.08 Å². The molecule has 0 saturated carbocycles. The first-order valence-corrected chi connectivity index (χ1v) is 12.9. The number of thioether (sulfide) groups is 1. The van der Waals surface area contributed by atoms with E-state index in [1.807, 2.05) is 32.0 Å². The maximum absolute atomic E-state index is 13.0. The summed E-state index contributed by atoms with van der Waals surface area (Å²) in [7, 11) is 0. The smallest absolute Gasteiger partial charge is 0.294 e. The summed E-state index contributed by atoms with van der Waals surface area (Å²) < 4.78 is 0. The van der Waals surface area contributed by atoms with Gasteiger partial charge in [-0.3, -0.25) is 19.3 Å². The number of fused-ring (bicyclic) bond motifs is 1. The van der Waals surface area contributed by atoms with Gasteiger partial charge in [-0.2, -0.15) is 0 Å². The Kier molecular flexibility index (Phi) is 6.82. The Labute approximate surface area is 211 Å². The van der Waals surface area contributed by atoms with Crippen LogP contribution >= 0.6 is 11.8 Å². The van der Waals surface area contributed by atoms with Crippen LogP contribution in [0.4, 0.5) is 16.2 Å². The lowest BCUT2D eigenvalue weighted by Crippen LogP contribution is -2.48. The van der Waals surface area contributed by atoms with Crippen LogP contribution < -0.4 is 10.2 Å². The number of rotatable bonds is 5. The van der Waals surface area contributed by atoms with E-state index >= 15 is 0 Å². The first kappa shape index (κ1) is 25.0. The SMILES string of the molecule is CCN1c2cc(C)c(/C=C3/SC(=O)N(CC(=O)Nc4cccc(C)c4)C3=O)cc2C(C)CC1(C)C. The lowest BCUT2D eigenvalue weighted by Gasteiger charge is -2.47. The second-order valence-corrected chi connectivity index (χ2v) is 11.1. The molecule has 0 spiro atoms. The summed E-state index contributed by atoms with van der Waals surface area (Å²) in [5.41, 5.74) is 6.22. The largest absolute Gasteiger partial charge is 0.366 e. The molecule has 2 aromatic rings. The third-order valence-electron chi connectivity index (χ3n) is 6.85. The number of carbonyl (C=O) groups excluding carboxylic acids is 3. The van der Waals surface area contributed by atoms with Crippen molar-refractivity contribution in [1.29, 1.82) is 0 Å². The van der Waals surface area contributed by atoms with Crippen molar-refractivity contribution in [2.24, 2.45) is 0 Å². The summed E-state index contributed by atoms with van der Waals surface area (Å²) in [6.45, 7) is 13.6. The minimum atomic E-state index is -0.430. The van der Waals surface area contributed by atoms with E-state index in [2.05, 4.69) is 50.0 Å². The maximum atomic E-state index is 13.0. The molecule has 1 atom stereocenters. The van der Waals surface area contributed by atoms with Crippen LogP contribution in [0.5, 0.6) is 0 Å². The summed E-state index contributed by atoms with van der Waals surface area (Å²) in [6, 6.07) is 11.7. The molecule has 4 rings (SSSR count). The number of benzene rings is 2. The number of imide groups is 1. The Hall–Kier alpha value is -3.06. The normalized spacial score (nSPS) is 20.4. The average Bonchev–Trinajstić information content (AvgIpc) is 3.02. The zero-order valence-corrected chi connectivity index (χ0v) is 22.1. The Morgan fingerprint density at radius 3 is 2.63 bits per heavy atom. The lowest BCUT2D eigenvalue weighted by molar-refractivity contribution is -0.127. The molecule has 1 fully saturated rings. The summed E-state index contributed by atoms with van der Waals surface area (Å²) in [5.74, 6) is -0.447. The molecule has 0 aliphatic carbocycles. The molecule has 1 N–H and O–H groups in total. The minimum Gasteiger partial charge on any atom is -0.366 e. The number of hydrogen-bond donors (Lipinski definition) is 1. The van der Waals surface area contributed by atoms with E-state index in [4.69, 9.17) is 0 Å². The monoisotopic (exact) mass is 491 g/mol.